The summed E-state index contributed by atoms with van der Waals surface area (Å²) in [5, 5.41) is 0. The number of hydrogen-bond donors (Lipinski definition) is 1. The average Bonchev–Trinajstić information content (AvgIpc) is 3.07. The SMILES string of the molecule is CN(C)S(=O)(=O)c1ccc(-c2cccc3c2nc(C(F)(F)F)n3C/C(F)=C/CN)cc1. The van der Waals surface area contributed by atoms with Crippen molar-refractivity contribution >= 4 is 21.1 Å². The Bertz CT molecular complexity index is 1230. The quantitative estimate of drug-likeness (QED) is 0.573. The van der Waals surface area contributed by atoms with Crippen molar-refractivity contribution in [3.05, 3.63) is 60.2 Å². The zero-order valence-electron chi connectivity index (χ0n) is 16.7. The van der Waals surface area contributed by atoms with Crippen molar-refractivity contribution in [2.75, 3.05) is 20.6 Å². The molecule has 2 N–H and O–H groups in total. The Balaban J connectivity index is 2.17. The first-order valence-corrected chi connectivity index (χ1v) is 10.5. The number of nitrogens with zero attached hydrogens (tertiary/aromatic N) is 3. The lowest BCUT2D eigenvalue weighted by Crippen LogP contribution is -2.22. The van der Waals surface area contributed by atoms with E-state index in [0.29, 0.717) is 11.1 Å². The minimum Gasteiger partial charge on any atom is -0.327 e. The molecular formula is C20H20F4N4O2S. The molecule has 0 aliphatic heterocycles. The Labute approximate surface area is 176 Å². The molecule has 11 heteroatoms. The largest absolute Gasteiger partial charge is 0.449 e. The Kier molecular flexibility index (Phi) is 6.21. The van der Waals surface area contributed by atoms with Gasteiger partial charge in [-0.3, -0.25) is 0 Å². The number of halogens is 4. The lowest BCUT2D eigenvalue weighted by molar-refractivity contribution is -0.146. The second-order valence-electron chi connectivity index (χ2n) is 6.89. The highest BCUT2D eigenvalue weighted by Gasteiger charge is 2.38. The molecule has 1 heterocycles. The number of alkyl halides is 3. The van der Waals surface area contributed by atoms with Crippen LogP contribution >= 0.6 is 0 Å². The summed E-state index contributed by atoms with van der Waals surface area (Å²) < 4.78 is 81.1. The van der Waals surface area contributed by atoms with Gasteiger partial charge in [-0.2, -0.15) is 13.2 Å². The molecular weight excluding hydrogens is 436 g/mol. The van der Waals surface area contributed by atoms with E-state index in [-0.39, 0.29) is 22.5 Å². The topological polar surface area (TPSA) is 81.2 Å². The Morgan fingerprint density at radius 3 is 2.35 bits per heavy atom. The van der Waals surface area contributed by atoms with Crippen LogP contribution in [0.5, 0.6) is 0 Å². The number of hydrogen-bond acceptors (Lipinski definition) is 4. The summed E-state index contributed by atoms with van der Waals surface area (Å²) in [4.78, 5) is 3.80. The minimum atomic E-state index is -4.80. The predicted molar refractivity (Wildman–Crippen MR) is 109 cm³/mol. The van der Waals surface area contributed by atoms with E-state index in [1.807, 2.05) is 0 Å². The number of imidazole rings is 1. The zero-order chi connectivity index (χ0) is 23.0. The van der Waals surface area contributed by atoms with E-state index < -0.39 is 34.4 Å². The molecule has 0 radical (unpaired) electrons. The number of nitrogens with two attached hydrogens (primary N) is 1. The normalized spacial score (nSPS) is 13.4. The highest BCUT2D eigenvalue weighted by Crippen LogP contribution is 2.36. The summed E-state index contributed by atoms with van der Waals surface area (Å²) in [5.74, 6) is -2.04. The molecule has 3 aromatic rings. The fourth-order valence-electron chi connectivity index (χ4n) is 3.12. The van der Waals surface area contributed by atoms with Crippen molar-refractivity contribution in [1.82, 2.24) is 13.9 Å². The van der Waals surface area contributed by atoms with Gasteiger partial charge in [0.2, 0.25) is 15.8 Å². The molecule has 0 saturated heterocycles. The van der Waals surface area contributed by atoms with Gasteiger partial charge in [0.15, 0.2) is 0 Å². The molecule has 1 aromatic heterocycles. The van der Waals surface area contributed by atoms with E-state index in [1.54, 1.807) is 6.07 Å². The van der Waals surface area contributed by atoms with Crippen LogP contribution in [0.25, 0.3) is 22.2 Å². The summed E-state index contributed by atoms with van der Waals surface area (Å²) in [6.45, 7) is -0.806. The summed E-state index contributed by atoms with van der Waals surface area (Å²) in [5.41, 5.74) is 6.20. The molecule has 0 unspecified atom stereocenters. The van der Waals surface area contributed by atoms with Crippen LogP contribution in [0.3, 0.4) is 0 Å². The van der Waals surface area contributed by atoms with Crippen LogP contribution in [0.4, 0.5) is 17.6 Å². The Hall–Kier alpha value is -2.76. The summed E-state index contributed by atoms with van der Waals surface area (Å²) >= 11 is 0. The van der Waals surface area contributed by atoms with Gasteiger partial charge in [-0.1, -0.05) is 24.3 Å². The van der Waals surface area contributed by atoms with Crippen LogP contribution in [-0.4, -0.2) is 42.9 Å². The average molecular weight is 456 g/mol. The van der Waals surface area contributed by atoms with Gasteiger partial charge >= 0.3 is 6.18 Å². The first kappa shape index (κ1) is 22.9. The van der Waals surface area contributed by atoms with Gasteiger partial charge in [0.1, 0.15) is 5.83 Å². The van der Waals surface area contributed by atoms with Gasteiger partial charge in [-0.05, 0) is 29.8 Å². The van der Waals surface area contributed by atoms with Crippen molar-refractivity contribution in [2.24, 2.45) is 5.73 Å². The highest BCUT2D eigenvalue weighted by molar-refractivity contribution is 7.89. The van der Waals surface area contributed by atoms with E-state index >= 15 is 0 Å². The fraction of sp³-hybridized carbons (Fsp3) is 0.250. The molecule has 0 aliphatic carbocycles. The summed E-state index contributed by atoms with van der Waals surface area (Å²) in [6.07, 6.45) is -3.80. The second-order valence-corrected chi connectivity index (χ2v) is 9.04. The smallest absolute Gasteiger partial charge is 0.327 e. The molecule has 0 fully saturated rings. The van der Waals surface area contributed by atoms with Crippen LogP contribution in [-0.2, 0) is 22.7 Å². The highest BCUT2D eigenvalue weighted by atomic mass is 32.2. The maximum Gasteiger partial charge on any atom is 0.449 e. The van der Waals surface area contributed by atoms with Crippen LogP contribution in [0.15, 0.2) is 59.3 Å². The van der Waals surface area contributed by atoms with Gasteiger partial charge < -0.3 is 10.3 Å². The molecule has 0 saturated carbocycles. The molecule has 31 heavy (non-hydrogen) atoms. The third-order valence-corrected chi connectivity index (χ3v) is 6.45. The molecule has 3 rings (SSSR count). The summed E-state index contributed by atoms with van der Waals surface area (Å²) in [6, 6.07) is 10.2. The number of sulfonamides is 1. The van der Waals surface area contributed by atoms with E-state index in [2.05, 4.69) is 4.98 Å². The third kappa shape index (κ3) is 4.48. The number of benzene rings is 2. The van der Waals surface area contributed by atoms with Crippen LogP contribution in [0.1, 0.15) is 5.82 Å². The number of allylic oxidation sites excluding steroid dienone is 1. The number of para-hydroxylation sites is 1. The van der Waals surface area contributed by atoms with E-state index in [0.717, 1.165) is 14.9 Å². The van der Waals surface area contributed by atoms with Gasteiger partial charge in [0.25, 0.3) is 0 Å². The van der Waals surface area contributed by atoms with Gasteiger partial charge in [-0.25, -0.2) is 22.1 Å². The number of rotatable bonds is 6. The van der Waals surface area contributed by atoms with Crippen LogP contribution < -0.4 is 5.73 Å². The van der Waals surface area contributed by atoms with E-state index in [1.165, 1.54) is 50.5 Å². The van der Waals surface area contributed by atoms with Crippen LogP contribution in [0, 0.1) is 0 Å². The summed E-state index contributed by atoms with van der Waals surface area (Å²) in [7, 11) is -0.860. The van der Waals surface area contributed by atoms with Gasteiger partial charge in [0, 0.05) is 26.2 Å². The van der Waals surface area contributed by atoms with E-state index in [4.69, 9.17) is 5.73 Å². The molecule has 0 bridgehead atoms. The lowest BCUT2D eigenvalue weighted by Gasteiger charge is -2.12. The number of fused-ring (bicyclic) bond motifs is 1. The fourth-order valence-corrected chi connectivity index (χ4v) is 4.02. The van der Waals surface area contributed by atoms with Gasteiger partial charge in [0.05, 0.1) is 22.5 Å². The van der Waals surface area contributed by atoms with Crippen molar-refractivity contribution < 1.29 is 26.0 Å². The number of aromatic nitrogens is 2. The maximum absolute atomic E-state index is 14.0. The van der Waals surface area contributed by atoms with E-state index in [9.17, 15) is 26.0 Å². The molecule has 0 spiro atoms. The second kappa shape index (κ2) is 8.40. The Morgan fingerprint density at radius 1 is 1.16 bits per heavy atom. The third-order valence-electron chi connectivity index (χ3n) is 4.62. The minimum absolute atomic E-state index is 0.0265. The van der Waals surface area contributed by atoms with Crippen molar-refractivity contribution in [1.29, 1.82) is 0 Å². The van der Waals surface area contributed by atoms with Crippen molar-refractivity contribution in [3.8, 4) is 11.1 Å². The zero-order valence-corrected chi connectivity index (χ0v) is 17.5. The first-order valence-electron chi connectivity index (χ1n) is 9.11. The maximum atomic E-state index is 14.0. The monoisotopic (exact) mass is 456 g/mol. The van der Waals surface area contributed by atoms with Crippen molar-refractivity contribution in [3.63, 3.8) is 0 Å². The molecule has 2 aromatic carbocycles. The molecule has 0 atom stereocenters. The Morgan fingerprint density at radius 2 is 1.81 bits per heavy atom. The van der Waals surface area contributed by atoms with Crippen molar-refractivity contribution in [2.45, 2.75) is 17.6 Å². The van der Waals surface area contributed by atoms with Gasteiger partial charge in [-0.15, -0.1) is 0 Å². The molecule has 6 nitrogen and oxygen atoms in total. The predicted octanol–water partition coefficient (Wildman–Crippen LogP) is 3.78. The molecule has 0 amide bonds. The lowest BCUT2D eigenvalue weighted by atomic mass is 10.0. The molecule has 0 aliphatic rings. The standard InChI is InChI=1S/C20H20F4N4O2S/c1-27(2)31(29,30)15-8-6-13(7-9-15)16-4-3-5-17-18(16)26-19(20(22,23)24)28(17)12-14(21)10-11-25/h3-10H,11-12,25H2,1-2H3/b14-10-. The molecule has 166 valence electrons. The first-order chi connectivity index (χ1) is 14.5. The van der Waals surface area contributed by atoms with Crippen LogP contribution in [0.2, 0.25) is 0 Å².